The Morgan fingerprint density at radius 1 is 0.562 bits per heavy atom. The minimum Gasteiger partial charge on any atom is -0.478 e. The Labute approximate surface area is 383 Å². The number of aryl methyl sites for hydroxylation is 3. The van der Waals surface area contributed by atoms with E-state index < -0.39 is 64.4 Å². The molecule has 0 atom stereocenters. The van der Waals surface area contributed by atoms with Crippen LogP contribution in [0.1, 0.15) is 90.0 Å². The number of esters is 2. The van der Waals surface area contributed by atoms with Crippen molar-refractivity contribution in [2.75, 3.05) is 14.2 Å². The first-order valence-electron chi connectivity index (χ1n) is 18.5. The van der Waals surface area contributed by atoms with Crippen LogP contribution >= 0.6 is 31.9 Å². The van der Waals surface area contributed by atoms with Crippen molar-refractivity contribution >= 4 is 61.8 Å². The number of carboxylic acids is 2. The molecule has 0 aliphatic rings. The van der Waals surface area contributed by atoms with Crippen LogP contribution in [0.15, 0.2) is 95.5 Å². The van der Waals surface area contributed by atoms with Gasteiger partial charge in [-0.15, -0.1) is 0 Å². The van der Waals surface area contributed by atoms with Crippen molar-refractivity contribution in [3.05, 3.63) is 175 Å². The Bertz CT molecular complexity index is 2410. The molecule has 0 heterocycles. The summed E-state index contributed by atoms with van der Waals surface area (Å²) in [5, 5.41) is 20.1. The SMILES string of the molecule is CC(C)(C)OC(=O)NCc1ccc(C(=O)O)c(F)c1.COC(=O)c1ccc(C)cc1F.COC(=O)c1ccc(CBr)cc1F.Cc1ccc(Br)c(F)c1.Cc1ccc(C(=O)O)c(F)c1. The summed E-state index contributed by atoms with van der Waals surface area (Å²) >= 11 is 6.24. The lowest BCUT2D eigenvalue weighted by Crippen LogP contribution is -2.32. The van der Waals surface area contributed by atoms with Gasteiger partial charge in [0.2, 0.25) is 0 Å². The Kier molecular flexibility index (Phi) is 23.7. The molecule has 5 aromatic rings. The molecule has 0 saturated carbocycles. The summed E-state index contributed by atoms with van der Waals surface area (Å²) in [5.41, 5.74) is 2.32. The second-order valence-corrected chi connectivity index (χ2v) is 15.5. The zero-order valence-electron chi connectivity index (χ0n) is 35.9. The fraction of sp³-hybridized carbons (Fsp3) is 0.239. The lowest BCUT2D eigenvalue weighted by atomic mass is 10.1. The molecule has 0 aromatic heterocycles. The highest BCUT2D eigenvalue weighted by Crippen LogP contribution is 2.17. The first-order valence-corrected chi connectivity index (χ1v) is 20.4. The molecule has 3 N–H and O–H groups in total. The highest BCUT2D eigenvalue weighted by molar-refractivity contribution is 9.10. The van der Waals surface area contributed by atoms with Crippen molar-refractivity contribution < 1.29 is 70.3 Å². The van der Waals surface area contributed by atoms with Crippen LogP contribution in [0.5, 0.6) is 0 Å². The van der Waals surface area contributed by atoms with Gasteiger partial charge in [-0.25, -0.2) is 45.9 Å². The summed E-state index contributed by atoms with van der Waals surface area (Å²) in [6.07, 6.45) is -0.616. The molecule has 344 valence electrons. The fourth-order valence-corrected chi connectivity index (χ4v) is 5.13. The Morgan fingerprint density at radius 2 is 0.922 bits per heavy atom. The summed E-state index contributed by atoms with van der Waals surface area (Å²) in [6.45, 7) is 10.6. The predicted octanol–water partition coefficient (Wildman–Crippen LogP) is 11.7. The van der Waals surface area contributed by atoms with E-state index in [1.165, 1.54) is 62.8 Å². The van der Waals surface area contributed by atoms with Gasteiger partial charge in [0.1, 0.15) is 34.7 Å². The van der Waals surface area contributed by atoms with Crippen LogP contribution in [0, 0.1) is 49.9 Å². The van der Waals surface area contributed by atoms with Crippen molar-refractivity contribution in [1.82, 2.24) is 5.32 Å². The van der Waals surface area contributed by atoms with E-state index in [0.717, 1.165) is 28.8 Å². The zero-order valence-corrected chi connectivity index (χ0v) is 39.1. The number of carbonyl (C=O) groups excluding carboxylic acids is 3. The third-order valence-corrected chi connectivity index (χ3v) is 8.94. The van der Waals surface area contributed by atoms with Crippen molar-refractivity contribution in [3.63, 3.8) is 0 Å². The molecule has 64 heavy (non-hydrogen) atoms. The smallest absolute Gasteiger partial charge is 0.407 e. The Hall–Kier alpha value is -6.14. The third kappa shape index (κ3) is 20.4. The minimum atomic E-state index is -1.33. The van der Waals surface area contributed by atoms with Gasteiger partial charge in [-0.1, -0.05) is 46.3 Å². The van der Waals surface area contributed by atoms with E-state index in [-0.39, 0.29) is 29.1 Å². The molecule has 0 unspecified atom stereocenters. The van der Waals surface area contributed by atoms with Gasteiger partial charge in [0.15, 0.2) is 0 Å². The van der Waals surface area contributed by atoms with Gasteiger partial charge in [-0.2, -0.15) is 0 Å². The van der Waals surface area contributed by atoms with Gasteiger partial charge >= 0.3 is 30.0 Å². The van der Waals surface area contributed by atoms with Crippen LogP contribution in [0.3, 0.4) is 0 Å². The molecule has 0 saturated heterocycles. The second-order valence-electron chi connectivity index (χ2n) is 14.1. The number of halogens is 7. The Balaban J connectivity index is 0.000000409. The molecule has 0 bridgehead atoms. The lowest BCUT2D eigenvalue weighted by Gasteiger charge is -2.19. The molecule has 1 amide bonds. The van der Waals surface area contributed by atoms with Crippen molar-refractivity contribution in [1.29, 1.82) is 0 Å². The molecule has 5 rings (SSSR count). The summed E-state index contributed by atoms with van der Waals surface area (Å²) < 4.78 is 79.1. The van der Waals surface area contributed by atoms with Gasteiger partial charge in [-0.05, 0) is 146 Å². The standard InChI is InChI=1S/C13H16FNO4.C9H8BrFO2.C9H9FO2.C8H7FO2.C7H6BrF/c1-13(2,3)19-12(18)15-7-8-4-5-9(11(16)17)10(14)6-8;1-13-9(12)7-3-2-6(5-10)4-8(7)11;1-6-3-4-7(8(10)5-6)9(11)12-2;1-5-2-3-6(8(10)11)7(9)4-5;1-5-2-3-6(8)7(9)4-5/h4-6H,7H2,1-3H3,(H,15,18)(H,16,17);2-4H,5H2,1H3;3-5H,1-2H3;2-4H,1H3,(H,10,11);2-4H,1H3. The van der Waals surface area contributed by atoms with Gasteiger partial charge in [0.25, 0.3) is 0 Å². The number of nitrogens with one attached hydrogen (secondary N) is 1. The number of benzene rings is 5. The molecular formula is C46H46Br2F5NO10. The molecule has 0 fully saturated rings. The normalized spacial score (nSPS) is 10.0. The molecule has 18 heteroatoms. The van der Waals surface area contributed by atoms with Crippen LogP contribution in [0.4, 0.5) is 26.7 Å². The molecule has 5 aromatic carbocycles. The van der Waals surface area contributed by atoms with Gasteiger partial charge in [0.05, 0.1) is 40.9 Å². The number of methoxy groups -OCH3 is 2. The van der Waals surface area contributed by atoms with Crippen LogP contribution in [-0.4, -0.2) is 60.0 Å². The maximum Gasteiger partial charge on any atom is 0.407 e. The van der Waals surface area contributed by atoms with Gasteiger partial charge in [-0.3, -0.25) is 0 Å². The van der Waals surface area contributed by atoms with Crippen molar-refractivity contribution in [3.8, 4) is 0 Å². The Morgan fingerprint density at radius 3 is 1.28 bits per heavy atom. The lowest BCUT2D eigenvalue weighted by molar-refractivity contribution is 0.0520. The van der Waals surface area contributed by atoms with Gasteiger partial charge < -0.3 is 29.7 Å². The summed E-state index contributed by atoms with van der Waals surface area (Å²) in [7, 11) is 2.45. The monoisotopic (exact) mass is 1030 g/mol. The van der Waals surface area contributed by atoms with Crippen molar-refractivity contribution in [2.24, 2.45) is 0 Å². The van der Waals surface area contributed by atoms with E-state index in [4.69, 9.17) is 14.9 Å². The molecule has 0 aliphatic heterocycles. The summed E-state index contributed by atoms with van der Waals surface area (Å²) in [6, 6.07) is 21.5. The fourth-order valence-electron chi connectivity index (χ4n) is 4.54. The average molecular weight is 1030 g/mol. The molecule has 0 radical (unpaired) electrons. The van der Waals surface area contributed by atoms with Crippen LogP contribution < -0.4 is 5.32 Å². The molecule has 11 nitrogen and oxygen atoms in total. The highest BCUT2D eigenvalue weighted by Gasteiger charge is 2.17. The topological polar surface area (TPSA) is 166 Å². The number of amides is 1. The summed E-state index contributed by atoms with van der Waals surface area (Å²) in [4.78, 5) is 54.1. The van der Waals surface area contributed by atoms with Crippen LogP contribution in [0.2, 0.25) is 0 Å². The first-order chi connectivity index (χ1) is 29.8. The summed E-state index contributed by atoms with van der Waals surface area (Å²) in [5.74, 6) is -6.67. The van der Waals surface area contributed by atoms with E-state index in [1.54, 1.807) is 58.9 Å². The highest BCUT2D eigenvalue weighted by atomic mass is 79.9. The number of alkyl halides is 1. The number of rotatable bonds is 7. The first kappa shape index (κ1) is 55.9. The van der Waals surface area contributed by atoms with E-state index in [9.17, 15) is 45.9 Å². The van der Waals surface area contributed by atoms with E-state index in [0.29, 0.717) is 20.9 Å². The van der Waals surface area contributed by atoms with E-state index in [1.807, 2.05) is 13.0 Å². The van der Waals surface area contributed by atoms with Crippen LogP contribution in [-0.2, 0) is 26.1 Å². The molecular weight excluding hydrogens is 981 g/mol. The van der Waals surface area contributed by atoms with E-state index in [2.05, 4.69) is 46.7 Å². The molecule has 0 aliphatic carbocycles. The van der Waals surface area contributed by atoms with Crippen molar-refractivity contribution in [2.45, 2.75) is 59.0 Å². The largest absolute Gasteiger partial charge is 0.478 e. The zero-order chi connectivity index (χ0) is 48.9. The molecule has 0 spiro atoms. The number of ether oxygens (including phenoxy) is 3. The number of carboxylic acid groups (broad SMARTS) is 2. The van der Waals surface area contributed by atoms with E-state index >= 15 is 0 Å². The maximum absolute atomic E-state index is 13.4. The third-order valence-electron chi connectivity index (χ3n) is 7.65. The number of hydrogen-bond acceptors (Lipinski definition) is 8. The van der Waals surface area contributed by atoms with Crippen LogP contribution in [0.25, 0.3) is 0 Å². The quantitative estimate of drug-likeness (QED) is 0.0618. The maximum atomic E-state index is 13.4. The van der Waals surface area contributed by atoms with Gasteiger partial charge in [0, 0.05) is 11.9 Å². The number of alkyl carbamates (subject to hydrolysis) is 1. The number of hydrogen-bond donors (Lipinski definition) is 3. The number of aromatic carboxylic acids is 2. The predicted molar refractivity (Wildman–Crippen MR) is 236 cm³/mol. The minimum absolute atomic E-state index is 0.0249. The number of carbonyl (C=O) groups is 5. The average Bonchev–Trinajstić information content (AvgIpc) is 3.21. The second kappa shape index (κ2) is 27.1.